The van der Waals surface area contributed by atoms with Crippen molar-refractivity contribution < 1.29 is 14.3 Å². The molecule has 20 heavy (non-hydrogen) atoms. The van der Waals surface area contributed by atoms with E-state index in [0.29, 0.717) is 29.4 Å². The first-order chi connectivity index (χ1) is 9.58. The number of amides is 1. The summed E-state index contributed by atoms with van der Waals surface area (Å²) in [5.41, 5.74) is 5.73. The first-order valence-corrected chi connectivity index (χ1v) is 6.79. The Hall–Kier alpha value is -1.59. The third-order valence-electron chi connectivity index (χ3n) is 2.74. The molecule has 0 unspecified atom stereocenters. The van der Waals surface area contributed by atoms with Crippen molar-refractivity contribution in [2.45, 2.75) is 19.3 Å². The molecule has 0 heterocycles. The normalized spacial score (nSPS) is 10.2. The molecule has 3 N–H and O–H groups in total. The van der Waals surface area contributed by atoms with E-state index in [1.807, 2.05) is 0 Å². The number of hydrogen-bond donors (Lipinski definition) is 2. The van der Waals surface area contributed by atoms with Gasteiger partial charge in [-0.05, 0) is 31.2 Å². The second kappa shape index (κ2) is 8.55. The van der Waals surface area contributed by atoms with E-state index in [0.717, 1.165) is 6.42 Å². The Morgan fingerprint density at radius 3 is 2.75 bits per heavy atom. The van der Waals surface area contributed by atoms with Crippen LogP contribution in [0, 0.1) is 0 Å². The summed E-state index contributed by atoms with van der Waals surface area (Å²) >= 11 is 5.87. The molecule has 1 aromatic rings. The largest absolute Gasteiger partial charge is 0.496 e. The summed E-state index contributed by atoms with van der Waals surface area (Å²) in [7, 11) is 1.49. The van der Waals surface area contributed by atoms with Crippen LogP contribution in [0.25, 0.3) is 0 Å². The molecule has 0 aromatic heterocycles. The van der Waals surface area contributed by atoms with Crippen molar-refractivity contribution in [3.05, 3.63) is 28.8 Å². The molecule has 0 atom stereocenters. The Balaban J connectivity index is 2.54. The van der Waals surface area contributed by atoms with Gasteiger partial charge in [0.15, 0.2) is 5.78 Å². The van der Waals surface area contributed by atoms with Gasteiger partial charge in [0.05, 0.1) is 12.7 Å². The number of hydrogen-bond acceptors (Lipinski definition) is 4. The summed E-state index contributed by atoms with van der Waals surface area (Å²) in [6, 6.07) is 4.84. The maximum absolute atomic E-state index is 12.1. The summed E-state index contributed by atoms with van der Waals surface area (Å²) in [6.45, 7) is 1.06. The van der Waals surface area contributed by atoms with Crippen LogP contribution in [0.3, 0.4) is 0 Å². The summed E-state index contributed by atoms with van der Waals surface area (Å²) in [4.78, 5) is 23.6. The highest BCUT2D eigenvalue weighted by atomic mass is 35.5. The van der Waals surface area contributed by atoms with Crippen LogP contribution in [0.5, 0.6) is 5.75 Å². The molecule has 0 fully saturated rings. The number of halogens is 1. The topological polar surface area (TPSA) is 81.4 Å². The second-order valence-corrected chi connectivity index (χ2v) is 4.70. The molecule has 0 aliphatic heterocycles. The van der Waals surface area contributed by atoms with Gasteiger partial charge in [-0.25, -0.2) is 0 Å². The van der Waals surface area contributed by atoms with Crippen LogP contribution in [0.4, 0.5) is 0 Å². The second-order valence-electron chi connectivity index (χ2n) is 4.26. The zero-order valence-corrected chi connectivity index (χ0v) is 12.2. The Morgan fingerprint density at radius 1 is 1.35 bits per heavy atom. The number of carbonyl (C=O) groups excluding carboxylic acids is 2. The van der Waals surface area contributed by atoms with E-state index in [1.165, 1.54) is 7.11 Å². The van der Waals surface area contributed by atoms with Crippen LogP contribution in [-0.2, 0) is 4.79 Å². The fourth-order valence-electron chi connectivity index (χ4n) is 1.68. The number of benzene rings is 1. The third-order valence-corrected chi connectivity index (χ3v) is 2.98. The maximum atomic E-state index is 12.1. The minimum absolute atomic E-state index is 0.116. The van der Waals surface area contributed by atoms with Gasteiger partial charge in [0.2, 0.25) is 5.91 Å². The third kappa shape index (κ3) is 5.19. The monoisotopic (exact) mass is 298 g/mol. The zero-order valence-electron chi connectivity index (χ0n) is 11.4. The van der Waals surface area contributed by atoms with E-state index >= 15 is 0 Å². The van der Waals surface area contributed by atoms with Crippen molar-refractivity contribution in [1.82, 2.24) is 5.32 Å². The number of ketones is 1. The van der Waals surface area contributed by atoms with Gasteiger partial charge in [0, 0.05) is 24.4 Å². The van der Waals surface area contributed by atoms with E-state index in [2.05, 4.69) is 5.32 Å². The average Bonchev–Trinajstić information content (AvgIpc) is 2.45. The van der Waals surface area contributed by atoms with Gasteiger partial charge in [0.25, 0.3) is 0 Å². The molecule has 1 rings (SSSR count). The first-order valence-electron chi connectivity index (χ1n) is 6.42. The van der Waals surface area contributed by atoms with E-state index in [9.17, 15) is 9.59 Å². The van der Waals surface area contributed by atoms with Gasteiger partial charge >= 0.3 is 0 Å². The van der Waals surface area contributed by atoms with Crippen molar-refractivity contribution in [1.29, 1.82) is 0 Å². The highest BCUT2D eigenvalue weighted by Crippen LogP contribution is 2.24. The van der Waals surface area contributed by atoms with Gasteiger partial charge in [-0.3, -0.25) is 9.59 Å². The summed E-state index contributed by atoms with van der Waals surface area (Å²) in [5, 5.41) is 3.16. The number of methoxy groups -OCH3 is 1. The minimum Gasteiger partial charge on any atom is -0.496 e. The van der Waals surface area contributed by atoms with Gasteiger partial charge in [-0.2, -0.15) is 0 Å². The van der Waals surface area contributed by atoms with Crippen LogP contribution in [0.1, 0.15) is 29.6 Å². The van der Waals surface area contributed by atoms with E-state index in [-0.39, 0.29) is 24.5 Å². The molecule has 0 spiro atoms. The Bertz CT molecular complexity index is 477. The van der Waals surface area contributed by atoms with Crippen molar-refractivity contribution >= 4 is 23.3 Å². The maximum Gasteiger partial charge on any atom is 0.220 e. The average molecular weight is 299 g/mol. The Morgan fingerprint density at radius 2 is 2.10 bits per heavy atom. The number of ether oxygens (including phenoxy) is 1. The lowest BCUT2D eigenvalue weighted by atomic mass is 10.1. The van der Waals surface area contributed by atoms with Crippen LogP contribution in [0.2, 0.25) is 5.02 Å². The number of nitrogens with one attached hydrogen (secondary N) is 1. The fraction of sp³-hybridized carbons (Fsp3) is 0.429. The molecular weight excluding hydrogens is 280 g/mol. The number of Topliss-reactive ketones (excluding diaryl/α,β-unsaturated/α-hetero) is 1. The van der Waals surface area contributed by atoms with E-state index in [4.69, 9.17) is 22.1 Å². The highest BCUT2D eigenvalue weighted by Gasteiger charge is 2.14. The summed E-state index contributed by atoms with van der Waals surface area (Å²) in [6.07, 6.45) is 0.978. The lowest BCUT2D eigenvalue weighted by Crippen LogP contribution is -2.26. The van der Waals surface area contributed by atoms with Crippen LogP contribution in [-0.4, -0.2) is 31.9 Å². The molecule has 1 aromatic carbocycles. The summed E-state index contributed by atoms with van der Waals surface area (Å²) in [5.74, 6) is 0.133. The number of carbonyl (C=O) groups is 2. The smallest absolute Gasteiger partial charge is 0.220 e. The Labute approximate surface area is 123 Å². The SMILES string of the molecule is COc1ccc(Cl)cc1C(=O)CCC(=O)NCCCN. The molecule has 6 heteroatoms. The van der Waals surface area contributed by atoms with E-state index < -0.39 is 0 Å². The van der Waals surface area contributed by atoms with Gasteiger partial charge in [0.1, 0.15) is 5.75 Å². The molecule has 0 radical (unpaired) electrons. The molecule has 0 aliphatic carbocycles. The molecule has 0 aliphatic rings. The first kappa shape index (κ1) is 16.5. The lowest BCUT2D eigenvalue weighted by Gasteiger charge is -2.08. The standard InChI is InChI=1S/C14H19ClN2O3/c1-20-13-5-3-10(15)9-11(13)12(18)4-6-14(19)17-8-2-7-16/h3,5,9H,2,4,6-8,16H2,1H3,(H,17,19). The molecule has 0 bridgehead atoms. The van der Waals surface area contributed by atoms with Crippen molar-refractivity contribution in [2.24, 2.45) is 5.73 Å². The number of nitrogens with two attached hydrogens (primary N) is 1. The molecule has 110 valence electrons. The molecule has 0 saturated carbocycles. The molecule has 1 amide bonds. The summed E-state index contributed by atoms with van der Waals surface area (Å²) < 4.78 is 5.11. The van der Waals surface area contributed by atoms with Gasteiger partial charge in [-0.1, -0.05) is 11.6 Å². The van der Waals surface area contributed by atoms with Crippen LogP contribution < -0.4 is 15.8 Å². The van der Waals surface area contributed by atoms with Crippen molar-refractivity contribution in [2.75, 3.05) is 20.2 Å². The van der Waals surface area contributed by atoms with Crippen LogP contribution >= 0.6 is 11.6 Å². The predicted molar refractivity (Wildman–Crippen MR) is 78.2 cm³/mol. The van der Waals surface area contributed by atoms with Crippen molar-refractivity contribution in [3.63, 3.8) is 0 Å². The Kier molecular flexibility index (Phi) is 7.04. The van der Waals surface area contributed by atoms with E-state index in [1.54, 1.807) is 18.2 Å². The zero-order chi connectivity index (χ0) is 15.0. The molecular formula is C14H19ClN2O3. The fourth-order valence-corrected chi connectivity index (χ4v) is 1.85. The molecule has 0 saturated heterocycles. The van der Waals surface area contributed by atoms with Crippen LogP contribution in [0.15, 0.2) is 18.2 Å². The predicted octanol–water partition coefficient (Wildman–Crippen LogP) is 1.78. The highest BCUT2D eigenvalue weighted by molar-refractivity contribution is 6.31. The lowest BCUT2D eigenvalue weighted by molar-refractivity contribution is -0.121. The molecule has 5 nitrogen and oxygen atoms in total. The van der Waals surface area contributed by atoms with Gasteiger partial charge in [-0.15, -0.1) is 0 Å². The quantitative estimate of drug-likeness (QED) is 0.566. The van der Waals surface area contributed by atoms with Crippen molar-refractivity contribution in [3.8, 4) is 5.75 Å². The number of rotatable bonds is 8. The van der Waals surface area contributed by atoms with Gasteiger partial charge < -0.3 is 15.8 Å². The minimum atomic E-state index is -0.168.